The molecule has 148 valence electrons. The van der Waals surface area contributed by atoms with Crippen molar-refractivity contribution in [2.24, 2.45) is 13.0 Å². The first-order chi connectivity index (χ1) is 12.3. The number of carbonyl (C=O) groups is 1. The van der Waals surface area contributed by atoms with Crippen LogP contribution in [0, 0.1) is 5.92 Å². The summed E-state index contributed by atoms with van der Waals surface area (Å²) in [7, 11) is -1.47. The highest BCUT2D eigenvalue weighted by Crippen LogP contribution is 2.28. The Morgan fingerprint density at radius 3 is 2.81 bits per heavy atom. The van der Waals surface area contributed by atoms with E-state index in [1.165, 1.54) is 0 Å². The van der Waals surface area contributed by atoms with Crippen LogP contribution in [0.3, 0.4) is 0 Å². The molecule has 8 nitrogen and oxygen atoms in total. The molecule has 1 aliphatic rings. The van der Waals surface area contributed by atoms with Crippen LogP contribution in [0.25, 0.3) is 0 Å². The summed E-state index contributed by atoms with van der Waals surface area (Å²) in [6.07, 6.45) is 4.85. The molecule has 27 heavy (non-hydrogen) atoms. The van der Waals surface area contributed by atoms with Gasteiger partial charge in [0, 0.05) is 44.5 Å². The van der Waals surface area contributed by atoms with Crippen LogP contribution in [0.15, 0.2) is 36.7 Å². The molecule has 0 radical (unpaired) electrons. The number of nitrogens with one attached hydrogen (secondary N) is 3. The maximum absolute atomic E-state index is 12.6. The molecular formula is C17H24ClN5O3S. The molecule has 2 aromatic rings. The number of aryl methyl sites for hydroxylation is 1. The van der Waals surface area contributed by atoms with Gasteiger partial charge in [-0.1, -0.05) is 12.1 Å². The van der Waals surface area contributed by atoms with E-state index in [1.54, 1.807) is 29.1 Å². The fourth-order valence-electron chi connectivity index (χ4n) is 3.22. The van der Waals surface area contributed by atoms with E-state index >= 15 is 0 Å². The maximum atomic E-state index is 12.6. The molecule has 10 heteroatoms. The molecule has 0 aliphatic carbocycles. The number of hydrogen-bond acceptors (Lipinski definition) is 5. The van der Waals surface area contributed by atoms with E-state index in [0.29, 0.717) is 18.8 Å². The van der Waals surface area contributed by atoms with E-state index in [-0.39, 0.29) is 30.2 Å². The molecule has 0 bridgehead atoms. The molecule has 1 aliphatic heterocycles. The molecule has 0 unspecified atom stereocenters. The Kier molecular flexibility index (Phi) is 6.85. The number of halogens is 1. The SMILES string of the molecule is Cl.Cn1cc([C@H]2CNC[C@@H]2C(=O)NCc2cccc(NS(C)(=O)=O)c2)cn1. The van der Waals surface area contributed by atoms with Crippen molar-refractivity contribution in [1.82, 2.24) is 20.4 Å². The minimum atomic E-state index is -3.33. The number of aromatic nitrogens is 2. The van der Waals surface area contributed by atoms with Gasteiger partial charge in [0.2, 0.25) is 15.9 Å². The molecule has 1 aromatic carbocycles. The molecule has 2 heterocycles. The summed E-state index contributed by atoms with van der Waals surface area (Å²) in [5.41, 5.74) is 2.36. The van der Waals surface area contributed by atoms with Crippen LogP contribution in [0.5, 0.6) is 0 Å². The van der Waals surface area contributed by atoms with Crippen LogP contribution >= 0.6 is 12.4 Å². The number of amides is 1. The van der Waals surface area contributed by atoms with E-state index in [1.807, 2.05) is 19.3 Å². The van der Waals surface area contributed by atoms with Crippen LogP contribution in [0.4, 0.5) is 5.69 Å². The molecule has 1 saturated heterocycles. The standard InChI is InChI=1S/C17H23N5O3S.ClH/c1-22-11-13(8-20-22)15-9-18-10-16(15)17(23)19-7-12-4-3-5-14(6-12)21-26(2,24)25;/h3-6,8,11,15-16,18,21H,7,9-10H2,1-2H3,(H,19,23);1H/t15-,16+;/m1./s1. The Morgan fingerprint density at radius 1 is 1.37 bits per heavy atom. The second kappa shape index (κ2) is 8.73. The predicted molar refractivity (Wildman–Crippen MR) is 106 cm³/mol. The van der Waals surface area contributed by atoms with Crippen LogP contribution in [-0.4, -0.2) is 43.5 Å². The van der Waals surface area contributed by atoms with Crippen LogP contribution < -0.4 is 15.4 Å². The highest BCUT2D eigenvalue weighted by Gasteiger charge is 2.34. The average molecular weight is 414 g/mol. The number of benzene rings is 1. The van der Waals surface area contributed by atoms with Gasteiger partial charge in [0.25, 0.3) is 0 Å². The second-order valence-corrected chi connectivity index (χ2v) is 8.36. The highest BCUT2D eigenvalue weighted by molar-refractivity contribution is 7.92. The van der Waals surface area contributed by atoms with Crippen molar-refractivity contribution in [2.45, 2.75) is 12.5 Å². The third-order valence-electron chi connectivity index (χ3n) is 4.40. The topological polar surface area (TPSA) is 105 Å². The third-order valence-corrected chi connectivity index (χ3v) is 5.01. The van der Waals surface area contributed by atoms with Crippen molar-refractivity contribution in [3.63, 3.8) is 0 Å². The van der Waals surface area contributed by atoms with E-state index in [0.717, 1.165) is 23.9 Å². The fraction of sp³-hybridized carbons (Fsp3) is 0.412. The van der Waals surface area contributed by atoms with Crippen molar-refractivity contribution in [3.05, 3.63) is 47.8 Å². The Balaban J connectivity index is 0.00000261. The number of carbonyl (C=O) groups excluding carboxylic acids is 1. The Labute approximate surface area is 165 Å². The molecule has 0 spiro atoms. The van der Waals surface area contributed by atoms with Gasteiger partial charge < -0.3 is 10.6 Å². The molecule has 3 N–H and O–H groups in total. The van der Waals surface area contributed by atoms with Gasteiger partial charge in [-0.2, -0.15) is 5.10 Å². The van der Waals surface area contributed by atoms with Gasteiger partial charge >= 0.3 is 0 Å². The van der Waals surface area contributed by atoms with Crippen molar-refractivity contribution >= 4 is 34.0 Å². The second-order valence-electron chi connectivity index (χ2n) is 6.61. The zero-order valence-electron chi connectivity index (χ0n) is 15.2. The predicted octanol–water partition coefficient (Wildman–Crippen LogP) is 0.833. The van der Waals surface area contributed by atoms with Gasteiger partial charge in [-0.25, -0.2) is 8.42 Å². The van der Waals surface area contributed by atoms with Crippen LogP contribution in [0.2, 0.25) is 0 Å². The van der Waals surface area contributed by atoms with E-state index in [2.05, 4.69) is 20.5 Å². The molecule has 0 saturated carbocycles. The van der Waals surface area contributed by atoms with Crippen LogP contribution in [-0.2, 0) is 28.4 Å². The van der Waals surface area contributed by atoms with Gasteiger partial charge in [0.1, 0.15) is 0 Å². The molecule has 1 fully saturated rings. The summed E-state index contributed by atoms with van der Waals surface area (Å²) in [6, 6.07) is 6.99. The van der Waals surface area contributed by atoms with Crippen molar-refractivity contribution in [1.29, 1.82) is 0 Å². The van der Waals surface area contributed by atoms with Crippen LogP contribution in [0.1, 0.15) is 17.0 Å². The van der Waals surface area contributed by atoms with Crippen molar-refractivity contribution < 1.29 is 13.2 Å². The van der Waals surface area contributed by atoms with E-state index < -0.39 is 10.0 Å². The smallest absolute Gasteiger partial charge is 0.229 e. The number of nitrogens with zero attached hydrogens (tertiary/aromatic N) is 2. The molecule has 2 atom stereocenters. The lowest BCUT2D eigenvalue weighted by Gasteiger charge is -2.17. The van der Waals surface area contributed by atoms with E-state index in [9.17, 15) is 13.2 Å². The van der Waals surface area contributed by atoms with Crippen molar-refractivity contribution in [3.8, 4) is 0 Å². The van der Waals surface area contributed by atoms with Gasteiger partial charge in [-0.15, -0.1) is 12.4 Å². The summed E-state index contributed by atoms with van der Waals surface area (Å²) in [5.74, 6) is -0.0798. The van der Waals surface area contributed by atoms with E-state index in [4.69, 9.17) is 0 Å². The largest absolute Gasteiger partial charge is 0.352 e. The van der Waals surface area contributed by atoms with Crippen molar-refractivity contribution in [2.75, 3.05) is 24.1 Å². The third kappa shape index (κ3) is 5.69. The summed E-state index contributed by atoms with van der Waals surface area (Å²) in [5, 5.41) is 10.4. The Morgan fingerprint density at radius 2 is 2.15 bits per heavy atom. The highest BCUT2D eigenvalue weighted by atomic mass is 35.5. The monoisotopic (exact) mass is 413 g/mol. The first-order valence-corrected chi connectivity index (χ1v) is 10.2. The first-order valence-electron chi connectivity index (χ1n) is 8.35. The normalized spacial score (nSPS) is 19.3. The Hall–Kier alpha value is -2.10. The number of hydrogen-bond donors (Lipinski definition) is 3. The van der Waals surface area contributed by atoms with Gasteiger partial charge in [0.15, 0.2) is 0 Å². The molecule has 1 aromatic heterocycles. The maximum Gasteiger partial charge on any atom is 0.229 e. The summed E-state index contributed by atoms with van der Waals surface area (Å²) >= 11 is 0. The lowest BCUT2D eigenvalue weighted by molar-refractivity contribution is -0.125. The van der Waals surface area contributed by atoms with Gasteiger partial charge in [0.05, 0.1) is 18.4 Å². The molecule has 3 rings (SSSR count). The molecule has 1 amide bonds. The minimum absolute atomic E-state index is 0. The quantitative estimate of drug-likeness (QED) is 0.650. The number of rotatable bonds is 6. The lowest BCUT2D eigenvalue weighted by Crippen LogP contribution is -2.34. The summed E-state index contributed by atoms with van der Waals surface area (Å²) < 4.78 is 26.8. The number of sulfonamides is 1. The van der Waals surface area contributed by atoms with Gasteiger partial charge in [-0.05, 0) is 23.3 Å². The minimum Gasteiger partial charge on any atom is -0.352 e. The lowest BCUT2D eigenvalue weighted by atomic mass is 9.90. The average Bonchev–Trinajstić information content (AvgIpc) is 3.20. The zero-order chi connectivity index (χ0) is 18.7. The summed E-state index contributed by atoms with van der Waals surface area (Å²) in [6.45, 7) is 1.72. The summed E-state index contributed by atoms with van der Waals surface area (Å²) in [4.78, 5) is 12.6. The zero-order valence-corrected chi connectivity index (χ0v) is 16.8. The fourth-order valence-corrected chi connectivity index (χ4v) is 3.77. The molecular weight excluding hydrogens is 390 g/mol. The van der Waals surface area contributed by atoms with Gasteiger partial charge in [-0.3, -0.25) is 14.2 Å². The first kappa shape index (κ1) is 21.2. The Bertz CT molecular complexity index is 899. The number of anilines is 1.